The molecule has 2 aliphatic heterocycles. The number of carbonyl (C=O) groups is 1. The summed E-state index contributed by atoms with van der Waals surface area (Å²) in [6.07, 6.45) is 5.94. The van der Waals surface area contributed by atoms with Gasteiger partial charge >= 0.3 is 0 Å². The zero-order valence-electron chi connectivity index (χ0n) is 15.6. The molecule has 0 aliphatic carbocycles. The number of nitrogens with two attached hydrogens (primary N) is 1. The SMILES string of the molecule is N#CC1=CN2C=C(C(=O)Nc3ccc(F)c(CNc4cccnc4N)c3)N=CC2N1. The second kappa shape index (κ2) is 7.92. The van der Waals surface area contributed by atoms with E-state index in [1.54, 1.807) is 29.4 Å². The van der Waals surface area contributed by atoms with E-state index in [-0.39, 0.29) is 18.4 Å². The Morgan fingerprint density at radius 3 is 3.03 bits per heavy atom. The van der Waals surface area contributed by atoms with Crippen LogP contribution in [-0.4, -0.2) is 28.2 Å². The largest absolute Gasteiger partial charge is 0.382 e. The first-order valence-electron chi connectivity index (χ1n) is 8.99. The smallest absolute Gasteiger partial charge is 0.275 e. The van der Waals surface area contributed by atoms with Crippen LogP contribution in [0.5, 0.6) is 0 Å². The van der Waals surface area contributed by atoms with Gasteiger partial charge in [-0.2, -0.15) is 5.26 Å². The third-order valence-electron chi connectivity index (χ3n) is 4.49. The van der Waals surface area contributed by atoms with Crippen molar-refractivity contribution >= 4 is 29.3 Å². The molecule has 2 aliphatic rings. The Bertz CT molecular complexity index is 1130. The van der Waals surface area contributed by atoms with E-state index < -0.39 is 11.7 Å². The summed E-state index contributed by atoms with van der Waals surface area (Å²) < 4.78 is 14.2. The number of nitrogens with zero attached hydrogens (tertiary/aromatic N) is 4. The molecule has 0 spiro atoms. The van der Waals surface area contributed by atoms with E-state index in [9.17, 15) is 9.18 Å². The number of nitriles is 1. The van der Waals surface area contributed by atoms with Crippen molar-refractivity contribution in [1.82, 2.24) is 15.2 Å². The molecule has 1 aromatic carbocycles. The second-order valence-corrected chi connectivity index (χ2v) is 6.53. The number of rotatable bonds is 5. The third kappa shape index (κ3) is 3.90. The van der Waals surface area contributed by atoms with Gasteiger partial charge in [-0.25, -0.2) is 14.4 Å². The van der Waals surface area contributed by atoms with Gasteiger partial charge in [-0.1, -0.05) is 0 Å². The number of fused-ring (bicyclic) bond motifs is 1. The van der Waals surface area contributed by atoms with Gasteiger partial charge in [0, 0.05) is 42.6 Å². The number of halogens is 1. The summed E-state index contributed by atoms with van der Waals surface area (Å²) in [7, 11) is 0. The highest BCUT2D eigenvalue weighted by Crippen LogP contribution is 2.21. The fourth-order valence-electron chi connectivity index (χ4n) is 2.98. The molecule has 1 atom stereocenters. The van der Waals surface area contributed by atoms with Gasteiger partial charge in [0.1, 0.15) is 35.3 Å². The molecule has 0 radical (unpaired) electrons. The molecule has 9 nitrogen and oxygen atoms in total. The van der Waals surface area contributed by atoms with Gasteiger partial charge in [-0.3, -0.25) is 4.79 Å². The van der Waals surface area contributed by atoms with E-state index in [1.807, 2.05) is 6.07 Å². The monoisotopic (exact) mass is 404 g/mol. The minimum Gasteiger partial charge on any atom is -0.382 e. The molecule has 5 N–H and O–H groups in total. The van der Waals surface area contributed by atoms with Gasteiger partial charge in [-0.05, 0) is 30.3 Å². The Balaban J connectivity index is 1.45. The molecule has 0 fully saturated rings. The lowest BCUT2D eigenvalue weighted by atomic mass is 10.1. The Kier molecular flexibility index (Phi) is 5.00. The molecule has 0 bridgehead atoms. The van der Waals surface area contributed by atoms with Crippen molar-refractivity contribution < 1.29 is 9.18 Å². The molecular weight excluding hydrogens is 387 g/mol. The van der Waals surface area contributed by atoms with Crippen LogP contribution in [0.4, 0.5) is 21.6 Å². The summed E-state index contributed by atoms with van der Waals surface area (Å²) in [5.74, 6) is -0.559. The Morgan fingerprint density at radius 2 is 2.23 bits per heavy atom. The van der Waals surface area contributed by atoms with E-state index in [0.29, 0.717) is 28.5 Å². The standard InChI is InChI=1S/C20H17FN8O/c21-15-4-3-13(6-12(15)8-25-16-2-1-5-24-19(16)23)28-20(30)17-11-29-10-14(7-22)27-18(29)9-26-17/h1-6,9-11,18,25,27H,8H2,(H2,23,24)(H,28,30). The lowest BCUT2D eigenvalue weighted by molar-refractivity contribution is -0.113. The maximum absolute atomic E-state index is 14.2. The highest BCUT2D eigenvalue weighted by molar-refractivity contribution is 6.04. The zero-order chi connectivity index (χ0) is 21.1. The van der Waals surface area contributed by atoms with Gasteiger partial charge in [0.25, 0.3) is 5.91 Å². The van der Waals surface area contributed by atoms with E-state index >= 15 is 0 Å². The van der Waals surface area contributed by atoms with Crippen molar-refractivity contribution in [2.45, 2.75) is 12.7 Å². The summed E-state index contributed by atoms with van der Waals surface area (Å²) in [5, 5.41) is 17.6. The molecule has 30 heavy (non-hydrogen) atoms. The van der Waals surface area contributed by atoms with E-state index in [2.05, 4.69) is 25.9 Å². The van der Waals surface area contributed by atoms with E-state index in [1.165, 1.54) is 30.6 Å². The molecule has 0 saturated heterocycles. The van der Waals surface area contributed by atoms with Crippen LogP contribution in [0.3, 0.4) is 0 Å². The molecule has 0 saturated carbocycles. The van der Waals surface area contributed by atoms with Gasteiger partial charge in [0.15, 0.2) is 0 Å². The number of carbonyl (C=O) groups excluding carboxylic acids is 1. The maximum atomic E-state index is 14.2. The number of aliphatic imine (C=N–C) groups is 1. The highest BCUT2D eigenvalue weighted by Gasteiger charge is 2.25. The normalized spacial score (nSPS) is 16.7. The first-order chi connectivity index (χ1) is 14.5. The van der Waals surface area contributed by atoms with Crippen LogP contribution >= 0.6 is 0 Å². The number of nitrogens with one attached hydrogen (secondary N) is 3. The molecule has 1 amide bonds. The van der Waals surface area contributed by atoms with Crippen LogP contribution in [0.1, 0.15) is 5.56 Å². The lowest BCUT2D eigenvalue weighted by Gasteiger charge is -2.22. The predicted octanol–water partition coefficient (Wildman–Crippen LogP) is 1.88. The van der Waals surface area contributed by atoms with Gasteiger partial charge in [-0.15, -0.1) is 0 Å². The molecule has 1 aromatic heterocycles. The second-order valence-electron chi connectivity index (χ2n) is 6.53. The highest BCUT2D eigenvalue weighted by atomic mass is 19.1. The quantitative estimate of drug-likeness (QED) is 0.598. The molecule has 10 heteroatoms. The number of nitrogen functional groups attached to an aromatic ring is 1. The van der Waals surface area contributed by atoms with Crippen LogP contribution in [-0.2, 0) is 11.3 Å². The van der Waals surface area contributed by atoms with E-state index in [0.717, 1.165) is 0 Å². The van der Waals surface area contributed by atoms with Gasteiger partial charge in [0.2, 0.25) is 0 Å². The van der Waals surface area contributed by atoms with Gasteiger partial charge < -0.3 is 26.6 Å². The van der Waals surface area contributed by atoms with Crippen molar-refractivity contribution in [1.29, 1.82) is 5.26 Å². The Hall–Kier alpha value is -4.39. The average molecular weight is 404 g/mol. The van der Waals surface area contributed by atoms with Crippen LogP contribution in [0.15, 0.2) is 65.3 Å². The molecule has 2 aromatic rings. The third-order valence-corrected chi connectivity index (χ3v) is 4.49. The topological polar surface area (TPSA) is 131 Å². The maximum Gasteiger partial charge on any atom is 0.275 e. The summed E-state index contributed by atoms with van der Waals surface area (Å²) in [6.45, 7) is 0.162. The number of anilines is 3. The average Bonchev–Trinajstić information content (AvgIpc) is 3.17. The van der Waals surface area contributed by atoms with Crippen LogP contribution in [0, 0.1) is 17.1 Å². The fraction of sp³-hybridized carbons (Fsp3) is 0.100. The first-order valence-corrected chi connectivity index (χ1v) is 8.99. The number of aromatic nitrogens is 1. The number of amides is 1. The molecule has 4 rings (SSSR count). The molecular formula is C20H17FN8O. The van der Waals surface area contributed by atoms with Crippen LogP contribution in [0.25, 0.3) is 0 Å². The predicted molar refractivity (Wildman–Crippen MR) is 110 cm³/mol. The van der Waals surface area contributed by atoms with Crippen molar-refractivity contribution in [3.05, 3.63) is 71.7 Å². The van der Waals surface area contributed by atoms with E-state index in [4.69, 9.17) is 11.0 Å². The number of hydrogen-bond acceptors (Lipinski definition) is 8. The number of benzene rings is 1. The minimum absolute atomic E-state index is 0.162. The number of pyridine rings is 1. The van der Waals surface area contributed by atoms with Crippen molar-refractivity contribution in [3.8, 4) is 6.07 Å². The first kappa shape index (κ1) is 18.9. The fourth-order valence-corrected chi connectivity index (χ4v) is 2.98. The van der Waals surface area contributed by atoms with Crippen LogP contribution < -0.4 is 21.7 Å². The molecule has 3 heterocycles. The molecule has 150 valence electrons. The summed E-state index contributed by atoms with van der Waals surface area (Å²) in [6, 6.07) is 9.75. The van der Waals surface area contributed by atoms with Crippen molar-refractivity contribution in [3.63, 3.8) is 0 Å². The summed E-state index contributed by atoms with van der Waals surface area (Å²) in [4.78, 5) is 22.3. The zero-order valence-corrected chi connectivity index (χ0v) is 15.6. The van der Waals surface area contributed by atoms with Crippen molar-refractivity contribution in [2.75, 3.05) is 16.4 Å². The van der Waals surface area contributed by atoms with Gasteiger partial charge in [0.05, 0.1) is 5.69 Å². The lowest BCUT2D eigenvalue weighted by Crippen LogP contribution is -2.37. The summed E-state index contributed by atoms with van der Waals surface area (Å²) >= 11 is 0. The summed E-state index contributed by atoms with van der Waals surface area (Å²) in [5.41, 5.74) is 7.69. The Morgan fingerprint density at radius 1 is 1.37 bits per heavy atom. The van der Waals surface area contributed by atoms with Crippen molar-refractivity contribution in [2.24, 2.45) is 4.99 Å². The van der Waals surface area contributed by atoms with Crippen LogP contribution in [0.2, 0.25) is 0 Å². The minimum atomic E-state index is -0.453. The Labute approximate surface area is 171 Å². The number of hydrogen-bond donors (Lipinski definition) is 4. The number of allylic oxidation sites excluding steroid dienone is 1. The molecule has 1 unspecified atom stereocenters.